The van der Waals surface area contributed by atoms with Crippen LogP contribution in [0.15, 0.2) is 58.4 Å². The van der Waals surface area contributed by atoms with Crippen LogP contribution < -0.4 is 15.8 Å². The van der Waals surface area contributed by atoms with Crippen LogP contribution in [-0.4, -0.2) is 25.2 Å². The predicted molar refractivity (Wildman–Crippen MR) is 114 cm³/mol. The maximum absolute atomic E-state index is 12.7. The number of thioether (sulfide) groups is 1. The molecule has 4 N–H and O–H groups in total. The Bertz CT molecular complexity index is 1020. The monoisotopic (exact) mass is 418 g/mol. The molecule has 3 rings (SSSR count). The molecule has 1 amide bonds. The highest BCUT2D eigenvalue weighted by Gasteiger charge is 2.29. The molecule has 0 bridgehead atoms. The van der Waals surface area contributed by atoms with Gasteiger partial charge in [-0.1, -0.05) is 23.9 Å². The van der Waals surface area contributed by atoms with E-state index >= 15 is 0 Å². The fraction of sp³-hybridized carbons (Fsp3) is 0.263. The summed E-state index contributed by atoms with van der Waals surface area (Å²) in [6.45, 7) is 3.39. The average molecular weight is 419 g/mol. The number of anilines is 2. The first-order valence-corrected chi connectivity index (χ1v) is 11.1. The standard InChI is InChI=1S/C19H22N4O3S2/c1-13(24)21-15-6-8-17(9-7-15)28(25,26)23-16-5-3-4-14(12-16)19(2)10-11-27-18(20)22-19/h3-9,12,23H,10-11H2,1-2H3,(H2,20,22)(H,21,24). The number of hydrogen-bond donors (Lipinski definition) is 3. The van der Waals surface area contributed by atoms with Gasteiger partial charge in [0.1, 0.15) is 0 Å². The number of nitrogens with zero attached hydrogens (tertiary/aromatic N) is 1. The summed E-state index contributed by atoms with van der Waals surface area (Å²) in [5.41, 5.74) is 7.30. The van der Waals surface area contributed by atoms with Crippen LogP contribution in [-0.2, 0) is 20.4 Å². The maximum atomic E-state index is 12.7. The van der Waals surface area contributed by atoms with E-state index in [9.17, 15) is 13.2 Å². The summed E-state index contributed by atoms with van der Waals surface area (Å²) in [5.74, 6) is 0.644. The second kappa shape index (κ2) is 7.84. The Kier molecular flexibility index (Phi) is 5.66. The highest BCUT2D eigenvalue weighted by molar-refractivity contribution is 8.13. The summed E-state index contributed by atoms with van der Waals surface area (Å²) in [5, 5.41) is 3.15. The van der Waals surface area contributed by atoms with Crippen LogP contribution in [0.25, 0.3) is 0 Å². The van der Waals surface area contributed by atoms with Gasteiger partial charge in [0.15, 0.2) is 5.17 Å². The highest BCUT2D eigenvalue weighted by atomic mass is 32.2. The van der Waals surface area contributed by atoms with Crippen molar-refractivity contribution in [2.75, 3.05) is 15.8 Å². The van der Waals surface area contributed by atoms with Crippen molar-refractivity contribution in [2.45, 2.75) is 30.7 Å². The van der Waals surface area contributed by atoms with Crippen LogP contribution in [0, 0.1) is 0 Å². The molecule has 1 unspecified atom stereocenters. The lowest BCUT2D eigenvalue weighted by Crippen LogP contribution is -2.28. The molecule has 0 radical (unpaired) electrons. The number of hydrogen-bond acceptors (Lipinski definition) is 6. The number of sulfonamides is 1. The lowest BCUT2D eigenvalue weighted by molar-refractivity contribution is -0.114. The lowest BCUT2D eigenvalue weighted by Gasteiger charge is -2.30. The number of carbonyl (C=O) groups excluding carboxylic acids is 1. The number of rotatable bonds is 5. The zero-order valence-electron chi connectivity index (χ0n) is 15.6. The van der Waals surface area contributed by atoms with E-state index in [2.05, 4.69) is 15.0 Å². The normalized spacial score (nSPS) is 19.6. The molecule has 9 heteroatoms. The third kappa shape index (κ3) is 4.66. The van der Waals surface area contributed by atoms with Gasteiger partial charge < -0.3 is 11.1 Å². The van der Waals surface area contributed by atoms with Crippen molar-refractivity contribution in [3.8, 4) is 0 Å². The fourth-order valence-electron chi connectivity index (χ4n) is 2.95. The van der Waals surface area contributed by atoms with Crippen LogP contribution in [0.4, 0.5) is 11.4 Å². The number of nitrogens with one attached hydrogen (secondary N) is 2. The van der Waals surface area contributed by atoms with Crippen molar-refractivity contribution in [1.82, 2.24) is 0 Å². The van der Waals surface area contributed by atoms with E-state index in [1.54, 1.807) is 30.3 Å². The maximum Gasteiger partial charge on any atom is 0.261 e. The van der Waals surface area contributed by atoms with E-state index in [1.807, 2.05) is 13.0 Å². The SMILES string of the molecule is CC(=O)Nc1ccc(S(=O)(=O)Nc2cccc(C3(C)CCSC(N)=N3)c2)cc1. The minimum Gasteiger partial charge on any atom is -0.379 e. The van der Waals surface area contributed by atoms with Gasteiger partial charge in [-0.3, -0.25) is 14.5 Å². The Morgan fingerprint density at radius 2 is 1.89 bits per heavy atom. The van der Waals surface area contributed by atoms with E-state index in [4.69, 9.17) is 5.73 Å². The van der Waals surface area contributed by atoms with Crippen molar-refractivity contribution in [3.05, 3.63) is 54.1 Å². The highest BCUT2D eigenvalue weighted by Crippen LogP contribution is 2.36. The molecule has 1 atom stereocenters. The molecule has 0 saturated heterocycles. The van der Waals surface area contributed by atoms with Crippen molar-refractivity contribution < 1.29 is 13.2 Å². The Hall–Kier alpha value is -2.52. The van der Waals surface area contributed by atoms with Gasteiger partial charge in [0.2, 0.25) is 5.91 Å². The second-order valence-electron chi connectivity index (χ2n) is 6.71. The van der Waals surface area contributed by atoms with Gasteiger partial charge in [0.05, 0.1) is 10.4 Å². The first-order chi connectivity index (χ1) is 13.2. The Balaban J connectivity index is 1.83. The average Bonchev–Trinajstić information content (AvgIpc) is 2.61. The lowest BCUT2D eigenvalue weighted by atomic mass is 9.89. The van der Waals surface area contributed by atoms with Crippen molar-refractivity contribution in [2.24, 2.45) is 10.7 Å². The summed E-state index contributed by atoms with van der Waals surface area (Å²) >= 11 is 1.52. The van der Waals surface area contributed by atoms with Crippen LogP contribution in [0.3, 0.4) is 0 Å². The van der Waals surface area contributed by atoms with Crippen LogP contribution in [0.2, 0.25) is 0 Å². The zero-order chi connectivity index (χ0) is 20.4. The van der Waals surface area contributed by atoms with Crippen molar-refractivity contribution >= 4 is 44.2 Å². The van der Waals surface area contributed by atoms with Gasteiger partial charge in [-0.15, -0.1) is 0 Å². The van der Waals surface area contributed by atoms with Crippen LogP contribution in [0.5, 0.6) is 0 Å². The number of amides is 1. The molecule has 148 valence electrons. The van der Waals surface area contributed by atoms with Gasteiger partial charge >= 0.3 is 0 Å². The van der Waals surface area contributed by atoms with E-state index < -0.39 is 15.6 Å². The third-order valence-electron chi connectivity index (χ3n) is 4.42. The molecule has 0 aliphatic carbocycles. The first-order valence-electron chi connectivity index (χ1n) is 8.67. The molecule has 2 aromatic carbocycles. The molecule has 0 spiro atoms. The van der Waals surface area contributed by atoms with Gasteiger partial charge in [0.25, 0.3) is 10.0 Å². The number of amidine groups is 1. The molecule has 1 heterocycles. The topological polar surface area (TPSA) is 114 Å². The minimum atomic E-state index is -3.76. The molecule has 2 aromatic rings. The molecule has 7 nitrogen and oxygen atoms in total. The number of benzene rings is 2. The molecule has 1 aliphatic rings. The summed E-state index contributed by atoms with van der Waals surface area (Å²) < 4.78 is 28.0. The fourth-order valence-corrected chi connectivity index (χ4v) is 4.97. The smallest absolute Gasteiger partial charge is 0.261 e. The van der Waals surface area contributed by atoms with E-state index in [0.29, 0.717) is 16.5 Å². The number of aliphatic imine (C=N–C) groups is 1. The third-order valence-corrected chi connectivity index (χ3v) is 6.61. The Labute approximate surface area is 168 Å². The quantitative estimate of drug-likeness (QED) is 0.690. The minimum absolute atomic E-state index is 0.106. The Morgan fingerprint density at radius 3 is 2.54 bits per heavy atom. The van der Waals surface area contributed by atoms with Crippen LogP contribution in [0.1, 0.15) is 25.8 Å². The zero-order valence-corrected chi connectivity index (χ0v) is 17.2. The predicted octanol–water partition coefficient (Wildman–Crippen LogP) is 3.11. The van der Waals surface area contributed by atoms with Gasteiger partial charge in [-0.2, -0.15) is 0 Å². The summed E-state index contributed by atoms with van der Waals surface area (Å²) in [6.07, 6.45) is 0.819. The summed E-state index contributed by atoms with van der Waals surface area (Å²) in [6, 6.07) is 13.2. The molecular formula is C19H22N4O3S2. The van der Waals surface area contributed by atoms with Crippen molar-refractivity contribution in [3.63, 3.8) is 0 Å². The molecule has 28 heavy (non-hydrogen) atoms. The van der Waals surface area contributed by atoms with E-state index in [-0.39, 0.29) is 10.8 Å². The summed E-state index contributed by atoms with van der Waals surface area (Å²) in [4.78, 5) is 15.8. The van der Waals surface area contributed by atoms with E-state index in [1.165, 1.54) is 30.8 Å². The van der Waals surface area contributed by atoms with Crippen LogP contribution >= 0.6 is 11.8 Å². The molecule has 0 aromatic heterocycles. The largest absolute Gasteiger partial charge is 0.379 e. The Morgan fingerprint density at radius 1 is 1.18 bits per heavy atom. The van der Waals surface area contributed by atoms with E-state index in [0.717, 1.165) is 17.7 Å². The number of carbonyl (C=O) groups is 1. The molecule has 0 fully saturated rings. The molecule has 0 saturated carbocycles. The number of nitrogens with two attached hydrogens (primary N) is 1. The molecule has 1 aliphatic heterocycles. The molecular weight excluding hydrogens is 396 g/mol. The van der Waals surface area contributed by atoms with Gasteiger partial charge in [-0.25, -0.2) is 8.42 Å². The first kappa shape index (κ1) is 20.2. The van der Waals surface area contributed by atoms with Gasteiger partial charge in [-0.05, 0) is 55.3 Å². The van der Waals surface area contributed by atoms with Crippen molar-refractivity contribution in [1.29, 1.82) is 0 Å². The van der Waals surface area contributed by atoms with Gasteiger partial charge in [0, 0.05) is 24.1 Å². The summed E-state index contributed by atoms with van der Waals surface area (Å²) in [7, 11) is -3.76. The second-order valence-corrected chi connectivity index (χ2v) is 9.51.